The van der Waals surface area contributed by atoms with Crippen molar-refractivity contribution in [3.63, 3.8) is 0 Å². The summed E-state index contributed by atoms with van der Waals surface area (Å²) in [4.78, 5) is 36.2. The number of hydroxylamine groups is 2. The zero-order chi connectivity index (χ0) is 16.7. The van der Waals surface area contributed by atoms with Crippen LogP contribution in [0.25, 0.3) is 0 Å². The molecule has 0 aromatic heterocycles. The largest absolute Gasteiger partial charge is 0.354 e. The molecule has 3 amide bonds. The highest BCUT2D eigenvalue weighted by molar-refractivity contribution is 6.12. The van der Waals surface area contributed by atoms with Crippen LogP contribution in [0.4, 0.5) is 0 Å². The minimum Gasteiger partial charge on any atom is -0.354 e. The van der Waals surface area contributed by atoms with Crippen LogP contribution in [0.1, 0.15) is 34.1 Å². The van der Waals surface area contributed by atoms with E-state index in [1.807, 2.05) is 13.8 Å². The summed E-state index contributed by atoms with van der Waals surface area (Å²) < 4.78 is 0. The Morgan fingerprint density at radius 2 is 1.77 bits per heavy atom. The molecular formula is C15H22N3O4. The van der Waals surface area contributed by atoms with Gasteiger partial charge in [-0.05, 0) is 34.1 Å². The van der Waals surface area contributed by atoms with E-state index in [-0.39, 0.29) is 30.8 Å². The molecule has 1 unspecified atom stereocenters. The highest BCUT2D eigenvalue weighted by Crippen LogP contribution is 2.43. The molecular weight excluding hydrogens is 286 g/mol. The van der Waals surface area contributed by atoms with Crippen molar-refractivity contribution in [1.82, 2.24) is 15.3 Å². The zero-order valence-electron chi connectivity index (χ0n) is 13.4. The maximum atomic E-state index is 12.4. The lowest BCUT2D eigenvalue weighted by atomic mass is 9.86. The molecule has 7 heteroatoms. The van der Waals surface area contributed by atoms with Crippen LogP contribution in [-0.2, 0) is 19.6 Å². The van der Waals surface area contributed by atoms with Gasteiger partial charge >= 0.3 is 0 Å². The van der Waals surface area contributed by atoms with Crippen molar-refractivity contribution < 1.29 is 19.6 Å². The van der Waals surface area contributed by atoms with Crippen molar-refractivity contribution in [1.29, 1.82) is 0 Å². The summed E-state index contributed by atoms with van der Waals surface area (Å²) in [6.45, 7) is 7.48. The van der Waals surface area contributed by atoms with Crippen molar-refractivity contribution >= 4 is 17.7 Å². The van der Waals surface area contributed by atoms with E-state index in [0.717, 1.165) is 9.96 Å². The molecule has 22 heavy (non-hydrogen) atoms. The molecule has 0 spiro atoms. The van der Waals surface area contributed by atoms with Crippen molar-refractivity contribution in [3.05, 3.63) is 12.2 Å². The third kappa shape index (κ3) is 2.78. The second-order valence-electron chi connectivity index (χ2n) is 6.97. The number of amides is 3. The van der Waals surface area contributed by atoms with Gasteiger partial charge in [-0.1, -0.05) is 0 Å². The smallest absolute Gasteiger partial charge is 0.253 e. The van der Waals surface area contributed by atoms with E-state index in [4.69, 9.17) is 0 Å². The Balaban J connectivity index is 1.91. The van der Waals surface area contributed by atoms with E-state index in [1.54, 1.807) is 13.8 Å². The average molecular weight is 308 g/mol. The summed E-state index contributed by atoms with van der Waals surface area (Å²) >= 11 is 0. The van der Waals surface area contributed by atoms with Crippen LogP contribution in [-0.4, -0.2) is 51.9 Å². The summed E-state index contributed by atoms with van der Waals surface area (Å²) in [7, 11) is 0. The van der Waals surface area contributed by atoms with Crippen LogP contribution in [0.5, 0.6) is 0 Å². The van der Waals surface area contributed by atoms with Crippen LogP contribution in [0.2, 0.25) is 0 Å². The first-order valence-electron chi connectivity index (χ1n) is 7.36. The Labute approximate surface area is 129 Å². The lowest BCUT2D eigenvalue weighted by Crippen LogP contribution is -2.49. The van der Waals surface area contributed by atoms with E-state index in [0.29, 0.717) is 6.42 Å². The molecule has 0 saturated carbocycles. The number of carbonyl (C=O) groups excluding carboxylic acids is 3. The van der Waals surface area contributed by atoms with Crippen LogP contribution in [0, 0.1) is 5.92 Å². The number of rotatable bonds is 4. The fourth-order valence-electron chi connectivity index (χ4n) is 3.23. The maximum absolute atomic E-state index is 12.4. The molecule has 0 bridgehead atoms. The van der Waals surface area contributed by atoms with E-state index in [1.165, 1.54) is 12.2 Å². The standard InChI is InChI=1S/C15H22N3O4/c1-14(2)9-10(15(3,4)18(14)22)13(21)16-7-8-17-11(19)5-6-12(17)20/h5-6,10H,7-9H2,1-4H3,(H,16,21). The molecule has 1 radical (unpaired) electrons. The van der Waals surface area contributed by atoms with E-state index in [9.17, 15) is 19.6 Å². The van der Waals surface area contributed by atoms with Gasteiger partial charge in [0.1, 0.15) is 0 Å². The molecule has 121 valence electrons. The summed E-state index contributed by atoms with van der Waals surface area (Å²) in [6.07, 6.45) is 2.89. The normalized spacial score (nSPS) is 26.8. The van der Waals surface area contributed by atoms with Crippen molar-refractivity contribution in [2.24, 2.45) is 5.92 Å². The average Bonchev–Trinajstić information content (AvgIpc) is 2.82. The number of carbonyl (C=O) groups is 3. The second-order valence-corrected chi connectivity index (χ2v) is 6.97. The fourth-order valence-corrected chi connectivity index (χ4v) is 3.23. The number of nitrogens with zero attached hydrogens (tertiary/aromatic N) is 2. The van der Waals surface area contributed by atoms with Gasteiger partial charge in [-0.15, -0.1) is 10.3 Å². The lowest BCUT2D eigenvalue weighted by molar-refractivity contribution is -0.247. The van der Waals surface area contributed by atoms with Gasteiger partial charge in [-0.3, -0.25) is 19.3 Å². The monoisotopic (exact) mass is 308 g/mol. The zero-order valence-corrected chi connectivity index (χ0v) is 13.4. The third-order valence-corrected chi connectivity index (χ3v) is 4.48. The topological polar surface area (TPSA) is 89.6 Å². The van der Waals surface area contributed by atoms with E-state index >= 15 is 0 Å². The van der Waals surface area contributed by atoms with Crippen molar-refractivity contribution in [3.8, 4) is 0 Å². The van der Waals surface area contributed by atoms with Crippen LogP contribution < -0.4 is 5.32 Å². The van der Waals surface area contributed by atoms with Gasteiger partial charge in [0.15, 0.2) is 0 Å². The fraction of sp³-hybridized carbons (Fsp3) is 0.667. The minimum absolute atomic E-state index is 0.133. The predicted octanol–water partition coefficient (Wildman–Crippen LogP) is 0.252. The Morgan fingerprint density at radius 1 is 1.23 bits per heavy atom. The molecule has 1 atom stereocenters. The Kier molecular flexibility index (Phi) is 4.14. The predicted molar refractivity (Wildman–Crippen MR) is 77.7 cm³/mol. The van der Waals surface area contributed by atoms with Crippen LogP contribution >= 0.6 is 0 Å². The highest BCUT2D eigenvalue weighted by atomic mass is 16.5. The summed E-state index contributed by atoms with van der Waals surface area (Å²) in [5, 5.41) is 16.0. The first-order chi connectivity index (χ1) is 10.1. The molecule has 2 heterocycles. The Bertz CT molecular complexity index is 521. The molecule has 1 N–H and O–H groups in total. The van der Waals surface area contributed by atoms with Gasteiger partial charge < -0.3 is 5.32 Å². The third-order valence-electron chi connectivity index (χ3n) is 4.48. The number of nitrogens with one attached hydrogen (secondary N) is 1. The second kappa shape index (κ2) is 5.48. The van der Waals surface area contributed by atoms with Gasteiger partial charge in [0, 0.05) is 30.8 Å². The number of hydrogen-bond donors (Lipinski definition) is 1. The van der Waals surface area contributed by atoms with Gasteiger partial charge in [-0.25, -0.2) is 0 Å². The first-order valence-corrected chi connectivity index (χ1v) is 7.36. The van der Waals surface area contributed by atoms with E-state index < -0.39 is 17.0 Å². The molecule has 7 nitrogen and oxygen atoms in total. The molecule has 2 rings (SSSR count). The molecule has 1 fully saturated rings. The highest BCUT2D eigenvalue weighted by Gasteiger charge is 2.55. The van der Waals surface area contributed by atoms with Crippen molar-refractivity contribution in [2.75, 3.05) is 13.1 Å². The van der Waals surface area contributed by atoms with Gasteiger partial charge in [-0.2, -0.15) is 0 Å². The summed E-state index contributed by atoms with van der Waals surface area (Å²) in [5.74, 6) is -1.38. The molecule has 0 aromatic carbocycles. The Morgan fingerprint density at radius 3 is 2.23 bits per heavy atom. The van der Waals surface area contributed by atoms with E-state index in [2.05, 4.69) is 5.32 Å². The molecule has 2 aliphatic rings. The van der Waals surface area contributed by atoms with Gasteiger partial charge in [0.05, 0.1) is 11.5 Å². The van der Waals surface area contributed by atoms with Gasteiger partial charge in [0.25, 0.3) is 11.8 Å². The quantitative estimate of drug-likeness (QED) is 0.754. The molecule has 2 aliphatic heterocycles. The SMILES string of the molecule is CC1(C)CC(C(=O)NCCN2C(=O)C=CC2=O)C(C)(C)N1[O]. The minimum atomic E-state index is -0.783. The summed E-state index contributed by atoms with van der Waals surface area (Å²) in [6, 6.07) is 0. The van der Waals surface area contributed by atoms with Crippen LogP contribution in [0.3, 0.4) is 0 Å². The first kappa shape index (κ1) is 16.6. The maximum Gasteiger partial charge on any atom is 0.253 e. The van der Waals surface area contributed by atoms with Crippen LogP contribution in [0.15, 0.2) is 12.2 Å². The van der Waals surface area contributed by atoms with Crippen molar-refractivity contribution in [2.45, 2.75) is 45.2 Å². The number of hydrogen-bond acceptors (Lipinski definition) is 4. The molecule has 1 saturated heterocycles. The molecule has 0 aromatic rings. The van der Waals surface area contributed by atoms with Gasteiger partial charge in [0.2, 0.25) is 5.91 Å². The summed E-state index contributed by atoms with van der Waals surface area (Å²) in [5.41, 5.74) is -1.37. The molecule has 0 aliphatic carbocycles. The Hall–Kier alpha value is -1.73. The lowest BCUT2D eigenvalue weighted by Gasteiger charge is -2.33. The number of imide groups is 1.